The Hall–Kier alpha value is -1.76. The topological polar surface area (TPSA) is 88.9 Å². The van der Waals surface area contributed by atoms with Crippen LogP contribution in [-0.4, -0.2) is 46.1 Å². The molecule has 0 aromatic carbocycles. The van der Waals surface area contributed by atoms with Gasteiger partial charge in [0.2, 0.25) is 0 Å². The van der Waals surface area contributed by atoms with Gasteiger partial charge in [0.25, 0.3) is 0 Å². The largest absolute Gasteiger partial charge is 0.409 e. The summed E-state index contributed by atoms with van der Waals surface area (Å²) >= 11 is 0. The van der Waals surface area contributed by atoms with Crippen LogP contribution in [0.3, 0.4) is 0 Å². The van der Waals surface area contributed by atoms with Crippen molar-refractivity contribution in [1.82, 2.24) is 9.78 Å². The molecule has 1 fully saturated rings. The monoisotopic (exact) mass is 267 g/mol. The van der Waals surface area contributed by atoms with Gasteiger partial charge in [-0.05, 0) is 20.8 Å². The van der Waals surface area contributed by atoms with Crippen LogP contribution in [0.4, 0.5) is 5.82 Å². The lowest BCUT2D eigenvalue weighted by atomic mass is 10.1. The van der Waals surface area contributed by atoms with E-state index in [4.69, 9.17) is 15.7 Å². The van der Waals surface area contributed by atoms with E-state index in [-0.39, 0.29) is 18.0 Å². The third kappa shape index (κ3) is 2.37. The van der Waals surface area contributed by atoms with Crippen molar-refractivity contribution >= 4 is 11.7 Å². The average Bonchev–Trinajstić information content (AvgIpc) is 2.66. The number of oxime groups is 1. The zero-order valence-corrected chi connectivity index (χ0v) is 11.8. The van der Waals surface area contributed by atoms with Crippen LogP contribution in [-0.2, 0) is 11.8 Å². The lowest BCUT2D eigenvalue weighted by Crippen LogP contribution is -2.48. The molecule has 0 saturated carbocycles. The fourth-order valence-electron chi connectivity index (χ4n) is 2.52. The number of anilines is 1. The van der Waals surface area contributed by atoms with Gasteiger partial charge in [0, 0.05) is 13.6 Å². The van der Waals surface area contributed by atoms with Crippen LogP contribution in [0.25, 0.3) is 0 Å². The van der Waals surface area contributed by atoms with E-state index in [1.165, 1.54) is 0 Å². The van der Waals surface area contributed by atoms with Gasteiger partial charge in [0.15, 0.2) is 5.84 Å². The molecule has 0 aliphatic carbocycles. The van der Waals surface area contributed by atoms with E-state index in [9.17, 15) is 0 Å². The molecule has 19 heavy (non-hydrogen) atoms. The highest BCUT2D eigenvalue weighted by atomic mass is 16.5. The van der Waals surface area contributed by atoms with Crippen molar-refractivity contribution in [2.45, 2.75) is 32.9 Å². The van der Waals surface area contributed by atoms with E-state index in [0.717, 1.165) is 18.1 Å². The van der Waals surface area contributed by atoms with Crippen molar-refractivity contribution in [3.63, 3.8) is 0 Å². The molecule has 1 saturated heterocycles. The first-order valence-corrected chi connectivity index (χ1v) is 6.35. The highest BCUT2D eigenvalue weighted by Crippen LogP contribution is 2.27. The molecule has 3 N–H and O–H groups in total. The van der Waals surface area contributed by atoms with Crippen LogP contribution < -0.4 is 10.6 Å². The molecule has 0 amide bonds. The number of morpholine rings is 1. The van der Waals surface area contributed by atoms with E-state index in [0.29, 0.717) is 12.2 Å². The second-order valence-corrected chi connectivity index (χ2v) is 5.04. The van der Waals surface area contributed by atoms with E-state index in [2.05, 4.69) is 22.1 Å². The smallest absolute Gasteiger partial charge is 0.175 e. The SMILES string of the molecule is Cc1nn(C)c(N2CC(C)OCC2C)c1C(N)=NO. The molecule has 2 atom stereocenters. The maximum absolute atomic E-state index is 8.95. The van der Waals surface area contributed by atoms with Gasteiger partial charge in [-0.25, -0.2) is 0 Å². The number of aryl methyl sites for hydroxylation is 2. The number of nitrogens with zero attached hydrogens (tertiary/aromatic N) is 4. The molecule has 0 spiro atoms. The summed E-state index contributed by atoms with van der Waals surface area (Å²) in [5.74, 6) is 0.961. The molecule has 2 rings (SSSR count). The predicted octanol–water partition coefficient (Wildman–Crippen LogP) is 0.437. The lowest BCUT2D eigenvalue weighted by molar-refractivity contribution is 0.0337. The first-order valence-electron chi connectivity index (χ1n) is 6.35. The molecule has 7 heteroatoms. The molecule has 1 aliphatic rings. The lowest BCUT2D eigenvalue weighted by Gasteiger charge is -2.38. The number of aromatic nitrogens is 2. The van der Waals surface area contributed by atoms with Crippen LogP contribution in [0, 0.1) is 6.92 Å². The first kappa shape index (κ1) is 13.7. The third-order valence-electron chi connectivity index (χ3n) is 3.44. The Labute approximate surface area is 112 Å². The summed E-state index contributed by atoms with van der Waals surface area (Å²) in [6.45, 7) is 7.38. The van der Waals surface area contributed by atoms with E-state index in [1.807, 2.05) is 20.9 Å². The molecular formula is C12H21N5O2. The predicted molar refractivity (Wildman–Crippen MR) is 72.7 cm³/mol. The Morgan fingerprint density at radius 2 is 2.21 bits per heavy atom. The highest BCUT2D eigenvalue weighted by molar-refractivity contribution is 6.02. The Morgan fingerprint density at radius 1 is 1.53 bits per heavy atom. The number of ether oxygens (including phenoxy) is 1. The molecule has 0 radical (unpaired) electrons. The van der Waals surface area contributed by atoms with Crippen molar-refractivity contribution in [3.05, 3.63) is 11.3 Å². The summed E-state index contributed by atoms with van der Waals surface area (Å²) in [7, 11) is 1.86. The maximum atomic E-state index is 8.95. The minimum Gasteiger partial charge on any atom is -0.409 e. The van der Waals surface area contributed by atoms with Gasteiger partial charge in [-0.15, -0.1) is 0 Å². The zero-order chi connectivity index (χ0) is 14.2. The molecule has 0 bridgehead atoms. The maximum Gasteiger partial charge on any atom is 0.175 e. The van der Waals surface area contributed by atoms with Gasteiger partial charge in [-0.3, -0.25) is 4.68 Å². The Kier molecular flexibility index (Phi) is 3.66. The van der Waals surface area contributed by atoms with Crippen LogP contribution in [0.5, 0.6) is 0 Å². The second-order valence-electron chi connectivity index (χ2n) is 5.04. The van der Waals surface area contributed by atoms with Gasteiger partial charge < -0.3 is 20.6 Å². The molecular weight excluding hydrogens is 246 g/mol. The fourth-order valence-corrected chi connectivity index (χ4v) is 2.52. The van der Waals surface area contributed by atoms with Gasteiger partial charge in [-0.2, -0.15) is 5.10 Å². The summed E-state index contributed by atoms with van der Waals surface area (Å²) in [5.41, 5.74) is 7.22. The Morgan fingerprint density at radius 3 is 2.84 bits per heavy atom. The number of amidine groups is 1. The third-order valence-corrected chi connectivity index (χ3v) is 3.44. The van der Waals surface area contributed by atoms with Crippen molar-refractivity contribution in [1.29, 1.82) is 0 Å². The van der Waals surface area contributed by atoms with Crippen molar-refractivity contribution < 1.29 is 9.94 Å². The molecule has 106 valence electrons. The summed E-state index contributed by atoms with van der Waals surface area (Å²) < 4.78 is 7.41. The van der Waals surface area contributed by atoms with Crippen molar-refractivity contribution in [2.75, 3.05) is 18.1 Å². The molecule has 1 aliphatic heterocycles. The number of hydrogen-bond acceptors (Lipinski definition) is 5. The molecule has 1 aromatic heterocycles. The van der Waals surface area contributed by atoms with Crippen LogP contribution >= 0.6 is 0 Å². The standard InChI is InChI=1S/C12H21N5O2/c1-7-6-19-8(2)5-17(7)12-10(11(13)15-18)9(3)14-16(12)4/h7-8,18H,5-6H2,1-4H3,(H2,13,15). The van der Waals surface area contributed by atoms with Crippen LogP contribution in [0.1, 0.15) is 25.1 Å². The van der Waals surface area contributed by atoms with Gasteiger partial charge in [-0.1, -0.05) is 5.16 Å². The van der Waals surface area contributed by atoms with Gasteiger partial charge >= 0.3 is 0 Å². The quantitative estimate of drug-likeness (QED) is 0.351. The Balaban J connectivity index is 2.49. The summed E-state index contributed by atoms with van der Waals surface area (Å²) in [6.07, 6.45) is 0.145. The molecule has 7 nitrogen and oxygen atoms in total. The Bertz CT molecular complexity index is 497. The second kappa shape index (κ2) is 5.08. The average molecular weight is 267 g/mol. The molecule has 1 aromatic rings. The van der Waals surface area contributed by atoms with Gasteiger partial charge in [0.05, 0.1) is 30.0 Å². The zero-order valence-electron chi connectivity index (χ0n) is 11.8. The number of nitrogens with two attached hydrogens (primary N) is 1. The van der Waals surface area contributed by atoms with Crippen molar-refractivity contribution in [3.8, 4) is 0 Å². The van der Waals surface area contributed by atoms with E-state index >= 15 is 0 Å². The normalized spacial score (nSPS) is 24.8. The molecule has 2 heterocycles. The summed E-state index contributed by atoms with van der Waals surface area (Å²) in [4.78, 5) is 2.20. The van der Waals surface area contributed by atoms with E-state index < -0.39 is 0 Å². The molecule has 2 unspecified atom stereocenters. The van der Waals surface area contributed by atoms with Gasteiger partial charge in [0.1, 0.15) is 5.82 Å². The van der Waals surface area contributed by atoms with Crippen LogP contribution in [0.15, 0.2) is 5.16 Å². The van der Waals surface area contributed by atoms with Crippen molar-refractivity contribution in [2.24, 2.45) is 17.9 Å². The van der Waals surface area contributed by atoms with Crippen LogP contribution in [0.2, 0.25) is 0 Å². The number of hydrogen-bond donors (Lipinski definition) is 2. The summed E-state index contributed by atoms with van der Waals surface area (Å²) in [5, 5.41) is 16.4. The minimum absolute atomic E-state index is 0.0898. The highest BCUT2D eigenvalue weighted by Gasteiger charge is 2.30. The number of rotatable bonds is 2. The first-order chi connectivity index (χ1) is 8.95. The summed E-state index contributed by atoms with van der Waals surface area (Å²) in [6, 6.07) is 0.219. The van der Waals surface area contributed by atoms with E-state index in [1.54, 1.807) is 4.68 Å². The minimum atomic E-state index is 0.0898. The fraction of sp³-hybridized carbons (Fsp3) is 0.667.